The third-order valence-electron chi connectivity index (χ3n) is 9.51. The Hall–Kier alpha value is -4.34. The number of hydrogen-bond acceptors (Lipinski definition) is 10. The van der Waals surface area contributed by atoms with Gasteiger partial charge in [0, 0.05) is 30.3 Å². The van der Waals surface area contributed by atoms with Crippen LogP contribution in [-0.4, -0.2) is 70.4 Å². The molecule has 1 unspecified atom stereocenters. The third kappa shape index (κ3) is 8.57. The van der Waals surface area contributed by atoms with E-state index in [0.29, 0.717) is 17.1 Å². The summed E-state index contributed by atoms with van der Waals surface area (Å²) < 4.78 is 34.9. The number of nitriles is 1. The van der Waals surface area contributed by atoms with Gasteiger partial charge in [0.2, 0.25) is 0 Å². The molecule has 12 nitrogen and oxygen atoms in total. The first-order valence-electron chi connectivity index (χ1n) is 17.8. The number of aromatic nitrogens is 2. The average molecular weight is 746 g/mol. The zero-order valence-electron chi connectivity index (χ0n) is 31.4. The van der Waals surface area contributed by atoms with Gasteiger partial charge in [-0.1, -0.05) is 54.6 Å². The van der Waals surface area contributed by atoms with Gasteiger partial charge in [0.05, 0.1) is 33.3 Å². The molecule has 4 atom stereocenters. The zero-order chi connectivity index (χ0) is 38.3. The van der Waals surface area contributed by atoms with Crippen molar-refractivity contribution in [2.45, 2.75) is 83.6 Å². The topological polar surface area (TPSA) is 148 Å². The van der Waals surface area contributed by atoms with Gasteiger partial charge in [-0.25, -0.2) is 9.69 Å². The maximum absolute atomic E-state index is 13.1. The molecule has 0 radical (unpaired) electrons. The molecule has 1 aliphatic rings. The van der Waals surface area contributed by atoms with E-state index >= 15 is 0 Å². The first-order chi connectivity index (χ1) is 25.4. The van der Waals surface area contributed by atoms with E-state index in [-0.39, 0.29) is 37.7 Å². The van der Waals surface area contributed by atoms with E-state index in [0.717, 1.165) is 16.7 Å². The highest BCUT2D eigenvalue weighted by Crippen LogP contribution is 2.63. The summed E-state index contributed by atoms with van der Waals surface area (Å²) in [4.78, 5) is 40.2. The van der Waals surface area contributed by atoms with Crippen molar-refractivity contribution < 1.29 is 28.4 Å². The minimum atomic E-state index is -3.40. The fourth-order valence-corrected chi connectivity index (χ4v) is 10.1. The van der Waals surface area contributed by atoms with Crippen molar-refractivity contribution in [1.29, 1.82) is 5.26 Å². The van der Waals surface area contributed by atoms with Gasteiger partial charge in [0.15, 0.2) is 0 Å². The van der Waals surface area contributed by atoms with Crippen LogP contribution < -0.4 is 20.7 Å². The molecule has 0 spiro atoms. The molecule has 1 saturated heterocycles. The number of aryl methyl sites for hydroxylation is 1. The number of nitrogens with zero attached hydrogens (tertiary/aromatic N) is 3. The van der Waals surface area contributed by atoms with Gasteiger partial charge in [-0.05, 0) is 75.6 Å². The van der Waals surface area contributed by atoms with Gasteiger partial charge in [-0.2, -0.15) is 9.79 Å². The highest BCUT2D eigenvalue weighted by atomic mass is 31.2. The van der Waals surface area contributed by atoms with E-state index in [2.05, 4.69) is 11.1 Å². The van der Waals surface area contributed by atoms with Gasteiger partial charge in [0.25, 0.3) is 5.56 Å². The summed E-state index contributed by atoms with van der Waals surface area (Å²) >= 11 is 0. The Morgan fingerprint density at radius 3 is 2.00 bits per heavy atom. The lowest BCUT2D eigenvalue weighted by molar-refractivity contribution is -0.0929. The Labute approximate surface area is 311 Å². The van der Waals surface area contributed by atoms with Gasteiger partial charge < -0.3 is 18.9 Å². The fourth-order valence-electron chi connectivity index (χ4n) is 7.17. The smallest absolute Gasteiger partial charge is 0.347 e. The molecule has 5 rings (SSSR count). The summed E-state index contributed by atoms with van der Waals surface area (Å²) in [6.45, 7) is 9.51. The average Bonchev–Trinajstić information content (AvgIpc) is 3.54. The monoisotopic (exact) mass is 745 g/mol. The number of aromatic amines is 1. The van der Waals surface area contributed by atoms with Crippen LogP contribution in [0.2, 0.25) is 0 Å². The molecule has 2 heterocycles. The summed E-state index contributed by atoms with van der Waals surface area (Å²) in [7, 11) is -0.169. The molecule has 3 aromatic carbocycles. The number of benzene rings is 3. The minimum Gasteiger partial charge on any atom is -0.497 e. The highest BCUT2D eigenvalue weighted by Gasteiger charge is 2.54. The van der Waals surface area contributed by atoms with Gasteiger partial charge in [-0.3, -0.25) is 14.3 Å². The second-order valence-electron chi connectivity index (χ2n) is 13.7. The van der Waals surface area contributed by atoms with Crippen molar-refractivity contribution in [2.75, 3.05) is 27.0 Å². The Bertz CT molecular complexity index is 1900. The first-order valence-corrected chi connectivity index (χ1v) is 19.6. The molecule has 0 bridgehead atoms. The van der Waals surface area contributed by atoms with Gasteiger partial charge in [-0.15, -0.1) is 4.67 Å². The molecule has 0 saturated carbocycles. The highest BCUT2D eigenvalue weighted by molar-refractivity contribution is 7.63. The molecular weight excluding hydrogens is 695 g/mol. The van der Waals surface area contributed by atoms with E-state index in [1.165, 1.54) is 10.8 Å². The summed E-state index contributed by atoms with van der Waals surface area (Å²) in [5.74, 6) is 1.37. The molecule has 0 aliphatic carbocycles. The van der Waals surface area contributed by atoms with Crippen LogP contribution in [0.5, 0.6) is 11.5 Å². The number of methoxy groups -OCH3 is 2. The van der Waals surface area contributed by atoms with Crippen molar-refractivity contribution in [3.05, 3.63) is 128 Å². The summed E-state index contributed by atoms with van der Waals surface area (Å²) in [5, 5.41) is 9.59. The molecule has 282 valence electrons. The molecule has 1 aliphatic heterocycles. The van der Waals surface area contributed by atoms with Crippen molar-refractivity contribution in [2.24, 2.45) is 0 Å². The van der Waals surface area contributed by atoms with Gasteiger partial charge in [0.1, 0.15) is 41.7 Å². The van der Waals surface area contributed by atoms with Crippen LogP contribution >= 0.6 is 7.87 Å². The van der Waals surface area contributed by atoms with Crippen molar-refractivity contribution in [1.82, 2.24) is 14.2 Å². The SMILES string of the molecule is COc1ccc(C(OC[C@H]2O[C@@H](n3cc(C)c(=O)[nH]c3=O)C[C@@H]2O[P+](O)(CCC#N)N(C(C)C)C(C)C)(c2ccccc2)c2ccc(OC)cc2)cc1. The van der Waals surface area contributed by atoms with Crippen LogP contribution in [0.15, 0.2) is 94.6 Å². The molecule has 0 amide bonds. The van der Waals surface area contributed by atoms with Crippen LogP contribution in [-0.2, 0) is 19.6 Å². The van der Waals surface area contributed by atoms with Crippen LogP contribution in [0, 0.1) is 18.3 Å². The van der Waals surface area contributed by atoms with E-state index in [1.54, 1.807) is 21.1 Å². The number of rotatable bonds is 16. The molecule has 1 aromatic heterocycles. The lowest BCUT2D eigenvalue weighted by Gasteiger charge is -2.38. The van der Waals surface area contributed by atoms with Crippen molar-refractivity contribution in [3.8, 4) is 17.6 Å². The largest absolute Gasteiger partial charge is 0.497 e. The van der Waals surface area contributed by atoms with E-state index < -0.39 is 43.2 Å². The minimum absolute atomic E-state index is 0.0349. The Balaban J connectivity index is 1.63. The zero-order valence-corrected chi connectivity index (χ0v) is 32.3. The predicted molar refractivity (Wildman–Crippen MR) is 204 cm³/mol. The summed E-state index contributed by atoms with van der Waals surface area (Å²) in [6, 6.07) is 27.2. The summed E-state index contributed by atoms with van der Waals surface area (Å²) in [5.41, 5.74) is 0.544. The normalized spacial score (nSPS) is 18.6. The Morgan fingerprint density at radius 1 is 0.943 bits per heavy atom. The Morgan fingerprint density at radius 2 is 1.49 bits per heavy atom. The van der Waals surface area contributed by atoms with Crippen LogP contribution in [0.4, 0.5) is 0 Å². The number of hydrogen-bond donors (Lipinski definition) is 2. The third-order valence-corrected chi connectivity index (χ3v) is 12.6. The molecular formula is C40H50N4O8P+. The molecule has 4 aromatic rings. The maximum atomic E-state index is 13.1. The number of ether oxygens (including phenoxy) is 4. The van der Waals surface area contributed by atoms with E-state index in [1.807, 2.05) is 111 Å². The molecule has 2 N–H and O–H groups in total. The quantitative estimate of drug-likeness (QED) is 0.0985. The molecule has 1 fully saturated rings. The number of H-pyrrole nitrogens is 1. The van der Waals surface area contributed by atoms with Crippen LogP contribution in [0.25, 0.3) is 0 Å². The summed E-state index contributed by atoms with van der Waals surface area (Å²) in [6.07, 6.45) is -0.561. The number of nitrogens with one attached hydrogen (secondary N) is 1. The molecule has 13 heteroatoms. The standard InChI is InChI=1S/C40H49N4O8P/c1-27(2)44(28(3)4)53(47,23-11-22-41)52-35-24-37(43-25-29(5)38(45)42-39(43)46)51-36(35)26-50-40(30-12-9-8-10-13-30,31-14-18-33(48-6)19-15-31)32-16-20-34(49-7)21-17-32/h8-10,12-21,25,27-28,35-37,47H,11,23-24,26H2,1-7H3/p+1/t35-,36+,37+,53?/m0/s1. The second-order valence-corrected chi connectivity index (χ2v) is 16.1. The Kier molecular flexibility index (Phi) is 12.9. The lowest BCUT2D eigenvalue weighted by Crippen LogP contribution is -2.42. The van der Waals surface area contributed by atoms with Crippen molar-refractivity contribution >= 4 is 7.87 Å². The van der Waals surface area contributed by atoms with Crippen LogP contribution in [0.1, 0.15) is 69.0 Å². The lowest BCUT2D eigenvalue weighted by atomic mass is 9.80. The van der Waals surface area contributed by atoms with Crippen molar-refractivity contribution in [3.63, 3.8) is 0 Å². The maximum Gasteiger partial charge on any atom is 0.347 e. The van der Waals surface area contributed by atoms with Crippen LogP contribution in [0.3, 0.4) is 0 Å². The second kappa shape index (κ2) is 17.2. The molecule has 53 heavy (non-hydrogen) atoms. The van der Waals surface area contributed by atoms with E-state index in [9.17, 15) is 19.7 Å². The van der Waals surface area contributed by atoms with Gasteiger partial charge >= 0.3 is 13.6 Å². The fraction of sp³-hybridized carbons (Fsp3) is 0.425. The first kappa shape index (κ1) is 39.9. The van der Waals surface area contributed by atoms with E-state index in [4.69, 9.17) is 23.5 Å². The predicted octanol–water partition coefficient (Wildman–Crippen LogP) is 6.33.